The average Bonchev–Trinajstić information content (AvgIpc) is 2.26. The summed E-state index contributed by atoms with van der Waals surface area (Å²) < 4.78 is 13.9. The third kappa shape index (κ3) is 3.30. The summed E-state index contributed by atoms with van der Waals surface area (Å²) >= 11 is 0. The molecule has 0 aliphatic rings. The largest absolute Gasteiger partial charge is 0.370 e. The van der Waals surface area contributed by atoms with Crippen LogP contribution in [0.25, 0.3) is 0 Å². The average molecular weight is 236 g/mol. The molecule has 0 heterocycles. The Morgan fingerprint density at radius 3 is 2.71 bits per heavy atom. The second kappa shape index (κ2) is 5.82. The lowest BCUT2D eigenvalue weighted by Crippen LogP contribution is -2.24. The van der Waals surface area contributed by atoms with Crippen LogP contribution in [-0.2, 0) is 0 Å². The van der Waals surface area contributed by atoms with Crippen LogP contribution < -0.4 is 10.2 Å². The standard InChI is InChI=1S/C14H21FN2/c1-10(2)9-17(5)13-8-6-7-12(15)14(13)11(3)16-4/h6-8,11,16H,1,9H2,2-5H3. The summed E-state index contributed by atoms with van der Waals surface area (Å²) in [4.78, 5) is 2.02. The molecule has 0 amide bonds. The van der Waals surface area contributed by atoms with Crippen molar-refractivity contribution in [3.8, 4) is 0 Å². The van der Waals surface area contributed by atoms with Gasteiger partial charge in [0, 0.05) is 30.9 Å². The zero-order valence-corrected chi connectivity index (χ0v) is 11.0. The van der Waals surface area contributed by atoms with Gasteiger partial charge in [-0.25, -0.2) is 4.39 Å². The molecule has 0 aliphatic carbocycles. The molecule has 1 unspecified atom stereocenters. The quantitative estimate of drug-likeness (QED) is 0.790. The predicted molar refractivity (Wildman–Crippen MR) is 72.0 cm³/mol. The molecule has 0 saturated heterocycles. The van der Waals surface area contributed by atoms with E-state index in [0.29, 0.717) is 5.56 Å². The van der Waals surface area contributed by atoms with Crippen LogP contribution in [0, 0.1) is 5.82 Å². The highest BCUT2D eigenvalue weighted by atomic mass is 19.1. The van der Waals surface area contributed by atoms with E-state index in [2.05, 4.69) is 11.9 Å². The Hall–Kier alpha value is -1.35. The van der Waals surface area contributed by atoms with E-state index in [1.165, 1.54) is 6.07 Å². The van der Waals surface area contributed by atoms with Crippen molar-refractivity contribution in [2.24, 2.45) is 0 Å². The first-order chi connectivity index (χ1) is 7.97. The molecule has 0 aliphatic heterocycles. The van der Waals surface area contributed by atoms with Gasteiger partial charge in [0.2, 0.25) is 0 Å². The molecule has 0 fully saturated rings. The third-order valence-electron chi connectivity index (χ3n) is 2.81. The normalized spacial score (nSPS) is 12.3. The summed E-state index contributed by atoms with van der Waals surface area (Å²) in [6, 6.07) is 5.17. The van der Waals surface area contributed by atoms with E-state index in [1.54, 1.807) is 6.07 Å². The molecule has 0 radical (unpaired) electrons. The van der Waals surface area contributed by atoms with Crippen LogP contribution in [0.3, 0.4) is 0 Å². The molecule has 17 heavy (non-hydrogen) atoms. The summed E-state index contributed by atoms with van der Waals surface area (Å²) in [5.41, 5.74) is 2.67. The van der Waals surface area contributed by atoms with Gasteiger partial charge in [0.1, 0.15) is 5.82 Å². The lowest BCUT2D eigenvalue weighted by molar-refractivity contribution is 0.561. The molecule has 1 rings (SSSR count). The molecular formula is C14H21FN2. The number of hydrogen-bond acceptors (Lipinski definition) is 2. The highest BCUT2D eigenvalue weighted by Crippen LogP contribution is 2.28. The van der Waals surface area contributed by atoms with Crippen molar-refractivity contribution in [1.29, 1.82) is 0 Å². The van der Waals surface area contributed by atoms with Gasteiger partial charge in [-0.15, -0.1) is 0 Å². The number of rotatable bonds is 5. The minimum absolute atomic E-state index is 0.0150. The lowest BCUT2D eigenvalue weighted by atomic mass is 10.0. The molecule has 1 aromatic rings. The number of benzene rings is 1. The summed E-state index contributed by atoms with van der Waals surface area (Å²) in [5.74, 6) is -0.169. The maximum Gasteiger partial charge on any atom is 0.130 e. The van der Waals surface area contributed by atoms with Crippen molar-refractivity contribution in [3.05, 3.63) is 41.7 Å². The van der Waals surface area contributed by atoms with E-state index in [0.717, 1.165) is 17.8 Å². The maximum absolute atomic E-state index is 13.9. The van der Waals surface area contributed by atoms with Crippen LogP contribution in [0.2, 0.25) is 0 Å². The van der Waals surface area contributed by atoms with Crippen LogP contribution in [0.1, 0.15) is 25.5 Å². The fourth-order valence-electron chi connectivity index (χ4n) is 1.92. The van der Waals surface area contributed by atoms with Crippen LogP contribution in [-0.4, -0.2) is 20.6 Å². The van der Waals surface area contributed by atoms with Gasteiger partial charge in [-0.05, 0) is 33.0 Å². The molecular weight excluding hydrogens is 215 g/mol. The second-order valence-corrected chi connectivity index (χ2v) is 4.50. The lowest BCUT2D eigenvalue weighted by Gasteiger charge is -2.25. The van der Waals surface area contributed by atoms with Crippen LogP contribution in [0.4, 0.5) is 10.1 Å². The molecule has 0 bridgehead atoms. The van der Waals surface area contributed by atoms with E-state index in [9.17, 15) is 4.39 Å². The van der Waals surface area contributed by atoms with Gasteiger partial charge >= 0.3 is 0 Å². The molecule has 1 N–H and O–H groups in total. The van der Waals surface area contributed by atoms with E-state index < -0.39 is 0 Å². The first-order valence-corrected chi connectivity index (χ1v) is 5.78. The molecule has 3 heteroatoms. The fourth-order valence-corrected chi connectivity index (χ4v) is 1.92. The fraction of sp³-hybridized carbons (Fsp3) is 0.429. The van der Waals surface area contributed by atoms with E-state index in [4.69, 9.17) is 0 Å². The van der Waals surface area contributed by atoms with E-state index in [-0.39, 0.29) is 11.9 Å². The van der Waals surface area contributed by atoms with Crippen molar-refractivity contribution < 1.29 is 4.39 Å². The van der Waals surface area contributed by atoms with Gasteiger partial charge < -0.3 is 10.2 Å². The Balaban J connectivity index is 3.14. The van der Waals surface area contributed by atoms with Gasteiger partial charge in [0.25, 0.3) is 0 Å². The van der Waals surface area contributed by atoms with Crippen molar-refractivity contribution in [3.63, 3.8) is 0 Å². The number of halogens is 1. The molecule has 94 valence electrons. The number of likely N-dealkylation sites (N-methyl/N-ethyl adjacent to an activating group) is 1. The molecule has 0 aromatic heterocycles. The van der Waals surface area contributed by atoms with Gasteiger partial charge in [0.15, 0.2) is 0 Å². The first kappa shape index (κ1) is 13.7. The number of hydrogen-bond donors (Lipinski definition) is 1. The summed E-state index contributed by atoms with van der Waals surface area (Å²) in [6.45, 7) is 8.54. The highest BCUT2D eigenvalue weighted by Gasteiger charge is 2.16. The smallest absolute Gasteiger partial charge is 0.130 e. The summed E-state index contributed by atoms with van der Waals surface area (Å²) in [6.07, 6.45) is 0. The molecule has 0 saturated carbocycles. The van der Waals surface area contributed by atoms with Crippen LogP contribution in [0.15, 0.2) is 30.4 Å². The zero-order chi connectivity index (χ0) is 13.0. The minimum atomic E-state index is -0.169. The Morgan fingerprint density at radius 1 is 1.53 bits per heavy atom. The third-order valence-corrected chi connectivity index (χ3v) is 2.81. The maximum atomic E-state index is 13.9. The first-order valence-electron chi connectivity index (χ1n) is 5.78. The van der Waals surface area contributed by atoms with E-state index in [1.807, 2.05) is 38.9 Å². The number of nitrogens with one attached hydrogen (secondary N) is 1. The van der Waals surface area contributed by atoms with Gasteiger partial charge in [-0.3, -0.25) is 0 Å². The Kier molecular flexibility index (Phi) is 4.70. The van der Waals surface area contributed by atoms with Gasteiger partial charge in [0.05, 0.1) is 0 Å². The predicted octanol–water partition coefficient (Wildman–Crippen LogP) is 3.12. The topological polar surface area (TPSA) is 15.3 Å². The minimum Gasteiger partial charge on any atom is -0.370 e. The van der Waals surface area contributed by atoms with Crippen LogP contribution >= 0.6 is 0 Å². The van der Waals surface area contributed by atoms with E-state index >= 15 is 0 Å². The van der Waals surface area contributed by atoms with Crippen molar-refractivity contribution in [1.82, 2.24) is 5.32 Å². The molecule has 1 aromatic carbocycles. The monoisotopic (exact) mass is 236 g/mol. The Bertz CT molecular complexity index is 401. The Labute approximate surface area is 103 Å². The van der Waals surface area contributed by atoms with Crippen molar-refractivity contribution in [2.45, 2.75) is 19.9 Å². The molecule has 2 nitrogen and oxygen atoms in total. The van der Waals surface area contributed by atoms with Gasteiger partial charge in [-0.2, -0.15) is 0 Å². The summed E-state index contributed by atoms with van der Waals surface area (Å²) in [7, 11) is 3.79. The van der Waals surface area contributed by atoms with Gasteiger partial charge in [-0.1, -0.05) is 18.2 Å². The van der Waals surface area contributed by atoms with Crippen molar-refractivity contribution in [2.75, 3.05) is 25.5 Å². The zero-order valence-electron chi connectivity index (χ0n) is 11.0. The SMILES string of the molecule is C=C(C)CN(C)c1cccc(F)c1C(C)NC. The Morgan fingerprint density at radius 2 is 2.18 bits per heavy atom. The summed E-state index contributed by atoms with van der Waals surface area (Å²) in [5, 5.41) is 3.08. The highest BCUT2D eigenvalue weighted by molar-refractivity contribution is 5.55. The van der Waals surface area contributed by atoms with Crippen LogP contribution in [0.5, 0.6) is 0 Å². The molecule has 0 spiro atoms. The van der Waals surface area contributed by atoms with Crippen molar-refractivity contribution >= 4 is 5.69 Å². The molecule has 1 atom stereocenters. The number of anilines is 1. The second-order valence-electron chi connectivity index (χ2n) is 4.50. The number of nitrogens with zero attached hydrogens (tertiary/aromatic N) is 1.